The number of allylic oxidation sites excluding steroid dienone is 8. The van der Waals surface area contributed by atoms with Crippen molar-refractivity contribution in [2.75, 3.05) is 0 Å². The Morgan fingerprint density at radius 3 is 1.53 bits per heavy atom. The molecule has 0 aromatic heterocycles. The van der Waals surface area contributed by atoms with Crippen LogP contribution in [0.25, 0.3) is 0 Å². The first-order valence-electron chi connectivity index (χ1n) is 6.91. The van der Waals surface area contributed by atoms with Gasteiger partial charge in [0.15, 0.2) is 0 Å². The van der Waals surface area contributed by atoms with E-state index >= 15 is 0 Å². The van der Waals surface area contributed by atoms with Crippen LogP contribution in [0.5, 0.6) is 0 Å². The predicted octanol–water partition coefficient (Wildman–Crippen LogP) is 5.10. The maximum absolute atomic E-state index is 5.05. The molecule has 0 saturated heterocycles. The molecule has 0 spiro atoms. The monoisotopic (exact) mass is 335 g/mol. The molecule has 0 fully saturated rings. The molecule has 2 aliphatic rings. The molecule has 19 heavy (non-hydrogen) atoms. The van der Waals surface area contributed by atoms with Crippen LogP contribution in [0.2, 0.25) is 4.14 Å². The van der Waals surface area contributed by atoms with Crippen LogP contribution in [0.4, 0.5) is 0 Å². The normalized spacial score (nSPS) is 23.3. The molecule has 0 saturated carbocycles. The van der Waals surface area contributed by atoms with Gasteiger partial charge < -0.3 is 0 Å². The Balaban J connectivity index is 2.37. The minimum atomic E-state index is -0.645. The third-order valence-electron chi connectivity index (χ3n) is 3.70. The summed E-state index contributed by atoms with van der Waals surface area (Å²) < 4.78 is 5.66. The van der Waals surface area contributed by atoms with E-state index in [1.54, 1.807) is 0 Å². The number of hydrogen-bond acceptors (Lipinski definition) is 1. The third-order valence-corrected chi connectivity index (χ3v) is 8.76. The van der Waals surface area contributed by atoms with Gasteiger partial charge in [0, 0.05) is 0 Å². The zero-order valence-corrected chi connectivity index (χ0v) is 14.8. The standard InChI is InChI=1S/C13H15.C4H9N.Nb/c1-12(7-3-4-8-12)11-13(2)9-5-6-10-13;1-4(2,3)5;/h3-11H,1-2H3;1-3H3;. The zero-order valence-electron chi connectivity index (χ0n) is 12.6. The number of rotatable bonds is 3. The molecule has 0 bridgehead atoms. The molecule has 102 valence electrons. The van der Waals surface area contributed by atoms with Crippen LogP contribution in [-0.4, -0.2) is 5.54 Å². The van der Waals surface area contributed by atoms with Crippen LogP contribution in [0.15, 0.2) is 51.9 Å². The van der Waals surface area contributed by atoms with Gasteiger partial charge >= 0.3 is 127 Å². The van der Waals surface area contributed by atoms with E-state index in [0.29, 0.717) is 4.14 Å². The van der Waals surface area contributed by atoms with Gasteiger partial charge in [-0.2, -0.15) is 0 Å². The summed E-state index contributed by atoms with van der Waals surface area (Å²) in [6, 6.07) is 0. The molecule has 2 heteroatoms. The van der Waals surface area contributed by atoms with Gasteiger partial charge in [0.1, 0.15) is 0 Å². The third kappa shape index (κ3) is 3.34. The summed E-state index contributed by atoms with van der Waals surface area (Å²) in [5, 5.41) is 0. The van der Waals surface area contributed by atoms with E-state index in [-0.39, 0.29) is 16.4 Å². The summed E-state index contributed by atoms with van der Waals surface area (Å²) in [6.45, 7) is 11.4. The summed E-state index contributed by atoms with van der Waals surface area (Å²) in [4.78, 5) is 0. The molecule has 1 nitrogen and oxygen atoms in total. The molecular weight excluding hydrogens is 311 g/mol. The molecule has 0 radical (unpaired) electrons. The molecule has 0 amide bonds. The Kier molecular flexibility index (Phi) is 4.02. The molecule has 0 aliphatic heterocycles. The molecule has 2 aliphatic carbocycles. The zero-order chi connectivity index (χ0) is 14.1. The van der Waals surface area contributed by atoms with Gasteiger partial charge in [-0.05, 0) is 0 Å². The van der Waals surface area contributed by atoms with Gasteiger partial charge in [0.2, 0.25) is 0 Å². The van der Waals surface area contributed by atoms with Gasteiger partial charge in [-0.25, -0.2) is 0 Å². The summed E-state index contributed by atoms with van der Waals surface area (Å²) >= 11 is -0.645. The van der Waals surface area contributed by atoms with Gasteiger partial charge in [-0.3, -0.25) is 0 Å². The summed E-state index contributed by atoms with van der Waals surface area (Å²) in [6.07, 6.45) is 18.2. The fraction of sp³-hybridized carbons (Fsp3) is 0.529. The second-order valence-electron chi connectivity index (χ2n) is 6.96. The average molecular weight is 335 g/mol. The maximum atomic E-state index is 5.05. The average Bonchev–Trinajstić information content (AvgIpc) is 2.87. The van der Waals surface area contributed by atoms with Crippen molar-refractivity contribution in [2.45, 2.75) is 44.3 Å². The van der Waals surface area contributed by atoms with Crippen LogP contribution < -0.4 is 0 Å². The van der Waals surface area contributed by atoms with E-state index in [4.69, 9.17) is 3.34 Å². The topological polar surface area (TPSA) is 12.4 Å². The van der Waals surface area contributed by atoms with Gasteiger partial charge in [-0.15, -0.1) is 0 Å². The first-order valence-corrected chi connectivity index (χ1v) is 9.17. The van der Waals surface area contributed by atoms with E-state index < -0.39 is 19.6 Å². The van der Waals surface area contributed by atoms with E-state index in [1.807, 2.05) is 0 Å². The van der Waals surface area contributed by atoms with E-state index in [9.17, 15) is 0 Å². The number of nitrogens with zero attached hydrogens (tertiary/aromatic N) is 1. The predicted molar refractivity (Wildman–Crippen MR) is 78.7 cm³/mol. The molecular formula is C17H24NNb. The van der Waals surface area contributed by atoms with Gasteiger partial charge in [0.05, 0.1) is 0 Å². The SMILES string of the molecule is CC(C)(C)[N]=[Nb][CH](C1(C)C=CC=C1)C1(C)C=CC=C1. The quantitative estimate of drug-likeness (QED) is 0.636. The van der Waals surface area contributed by atoms with Crippen molar-refractivity contribution in [1.29, 1.82) is 0 Å². The summed E-state index contributed by atoms with van der Waals surface area (Å²) in [5.74, 6) is 0. The molecule has 0 unspecified atom stereocenters. The fourth-order valence-corrected chi connectivity index (χ4v) is 5.88. The Bertz CT molecular complexity index is 428. The Hall–Kier alpha value is -0.500. The molecule has 0 aromatic rings. The summed E-state index contributed by atoms with van der Waals surface area (Å²) in [5.41, 5.74) is 0.430. The van der Waals surface area contributed by atoms with Crippen molar-refractivity contribution in [2.24, 2.45) is 14.2 Å². The van der Waals surface area contributed by atoms with E-state index in [0.717, 1.165) is 0 Å². The fourth-order valence-electron chi connectivity index (χ4n) is 2.68. The van der Waals surface area contributed by atoms with Crippen molar-refractivity contribution < 1.29 is 19.6 Å². The van der Waals surface area contributed by atoms with Crippen LogP contribution in [0.3, 0.4) is 0 Å². The molecule has 0 atom stereocenters. The van der Waals surface area contributed by atoms with Crippen LogP contribution in [0.1, 0.15) is 34.6 Å². The minimum absolute atomic E-state index is 0.0975. The molecule has 0 aromatic carbocycles. The second-order valence-corrected chi connectivity index (χ2v) is 9.29. The molecule has 2 rings (SSSR count). The molecule has 0 heterocycles. The van der Waals surface area contributed by atoms with Crippen molar-refractivity contribution in [3.8, 4) is 0 Å². The Labute approximate surface area is 126 Å². The molecule has 0 N–H and O–H groups in total. The van der Waals surface area contributed by atoms with Crippen molar-refractivity contribution in [1.82, 2.24) is 0 Å². The van der Waals surface area contributed by atoms with E-state index in [1.165, 1.54) is 0 Å². The van der Waals surface area contributed by atoms with Crippen LogP contribution >= 0.6 is 0 Å². The van der Waals surface area contributed by atoms with Crippen LogP contribution in [0, 0.1) is 10.8 Å². The Morgan fingerprint density at radius 2 is 1.21 bits per heavy atom. The van der Waals surface area contributed by atoms with Crippen molar-refractivity contribution >= 4 is 0 Å². The van der Waals surface area contributed by atoms with Crippen molar-refractivity contribution in [3.05, 3.63) is 48.6 Å². The number of hydrogen-bond donors (Lipinski definition) is 0. The first kappa shape index (κ1) is 14.9. The van der Waals surface area contributed by atoms with Gasteiger partial charge in [-0.1, -0.05) is 0 Å². The van der Waals surface area contributed by atoms with Crippen molar-refractivity contribution in [3.63, 3.8) is 0 Å². The van der Waals surface area contributed by atoms with Gasteiger partial charge in [0.25, 0.3) is 0 Å². The Morgan fingerprint density at radius 1 is 0.842 bits per heavy atom. The van der Waals surface area contributed by atoms with E-state index in [2.05, 4.69) is 83.2 Å². The van der Waals surface area contributed by atoms with Crippen LogP contribution in [-0.2, 0) is 19.6 Å². The second kappa shape index (κ2) is 5.12. The first-order chi connectivity index (χ1) is 8.75. The summed E-state index contributed by atoms with van der Waals surface area (Å²) in [7, 11) is 0.